The summed E-state index contributed by atoms with van der Waals surface area (Å²) in [6.45, 7) is 2.78. The third-order valence-corrected chi connectivity index (χ3v) is 5.45. The molecule has 2 aromatic rings. The molecule has 1 fully saturated rings. The molecule has 0 radical (unpaired) electrons. The second-order valence-electron chi connectivity index (χ2n) is 7.61. The maximum absolute atomic E-state index is 6.10. The van der Waals surface area contributed by atoms with Crippen LogP contribution in [0.25, 0.3) is 0 Å². The number of aliphatic imine (C=N–C) groups is 1. The molecule has 0 amide bonds. The highest BCUT2D eigenvalue weighted by atomic mass is 16.5. The minimum atomic E-state index is 0.308. The van der Waals surface area contributed by atoms with Crippen molar-refractivity contribution in [1.29, 1.82) is 0 Å². The number of hydrogen-bond acceptors (Lipinski definition) is 3. The minimum absolute atomic E-state index is 0.308. The highest BCUT2D eigenvalue weighted by Gasteiger charge is 2.14. The molecule has 1 aliphatic carbocycles. The number of ether oxygens (including phenoxy) is 2. The van der Waals surface area contributed by atoms with Crippen LogP contribution in [0.4, 0.5) is 5.69 Å². The Morgan fingerprint density at radius 1 is 1.07 bits per heavy atom. The van der Waals surface area contributed by atoms with Crippen molar-refractivity contribution in [2.45, 2.75) is 51.4 Å². The van der Waals surface area contributed by atoms with Gasteiger partial charge in [0.05, 0.1) is 19.3 Å². The van der Waals surface area contributed by atoms with E-state index in [0.717, 1.165) is 43.7 Å². The fraction of sp³-hybridized carbons (Fsp3) is 0.435. The van der Waals surface area contributed by atoms with Crippen molar-refractivity contribution < 1.29 is 9.47 Å². The van der Waals surface area contributed by atoms with Crippen LogP contribution in [-0.4, -0.2) is 25.3 Å². The van der Waals surface area contributed by atoms with Crippen molar-refractivity contribution in [3.8, 4) is 0 Å². The molecule has 0 atom stereocenters. The van der Waals surface area contributed by atoms with E-state index in [0.29, 0.717) is 25.2 Å². The fourth-order valence-corrected chi connectivity index (χ4v) is 3.89. The van der Waals surface area contributed by atoms with Gasteiger partial charge in [0.1, 0.15) is 0 Å². The second kappa shape index (κ2) is 9.22. The number of fused-ring (bicyclic) bond motifs is 1. The number of anilines is 1. The lowest BCUT2D eigenvalue weighted by Crippen LogP contribution is -2.23. The first-order valence-corrected chi connectivity index (χ1v) is 10.2. The maximum atomic E-state index is 6.10. The largest absolute Gasteiger partial charge is 0.381 e. The maximum Gasteiger partial charge on any atom is 0.193 e. The predicted molar refractivity (Wildman–Crippen MR) is 112 cm³/mol. The van der Waals surface area contributed by atoms with E-state index in [9.17, 15) is 0 Å². The van der Waals surface area contributed by atoms with Crippen LogP contribution in [0.1, 0.15) is 41.5 Å². The first kappa shape index (κ1) is 19.0. The normalized spacial score (nSPS) is 17.5. The Balaban J connectivity index is 1.30. The number of nitrogens with two attached hydrogens (primary N) is 1. The van der Waals surface area contributed by atoms with E-state index in [1.165, 1.54) is 29.5 Å². The molecule has 0 unspecified atom stereocenters. The van der Waals surface area contributed by atoms with E-state index >= 15 is 0 Å². The fourth-order valence-electron chi connectivity index (χ4n) is 3.89. The molecule has 2 aliphatic rings. The van der Waals surface area contributed by atoms with Gasteiger partial charge in [-0.25, -0.2) is 4.99 Å². The summed E-state index contributed by atoms with van der Waals surface area (Å²) in [7, 11) is 0. The van der Waals surface area contributed by atoms with Crippen molar-refractivity contribution >= 4 is 11.6 Å². The lowest BCUT2D eigenvalue weighted by atomic mass is 10.1. The van der Waals surface area contributed by atoms with Crippen molar-refractivity contribution in [3.05, 3.63) is 64.7 Å². The average molecular weight is 380 g/mol. The molecule has 28 heavy (non-hydrogen) atoms. The number of nitrogens with zero attached hydrogens (tertiary/aromatic N) is 1. The first-order chi connectivity index (χ1) is 13.8. The van der Waals surface area contributed by atoms with Gasteiger partial charge in [0.25, 0.3) is 0 Å². The summed E-state index contributed by atoms with van der Waals surface area (Å²) in [6.07, 6.45) is 5.86. The highest BCUT2D eigenvalue weighted by molar-refractivity contribution is 5.92. The van der Waals surface area contributed by atoms with Gasteiger partial charge in [0.2, 0.25) is 0 Å². The summed E-state index contributed by atoms with van der Waals surface area (Å²) in [4.78, 5) is 4.50. The van der Waals surface area contributed by atoms with Gasteiger partial charge in [-0.05, 0) is 66.5 Å². The van der Waals surface area contributed by atoms with E-state index in [2.05, 4.69) is 52.8 Å². The van der Waals surface area contributed by atoms with Gasteiger partial charge in [-0.1, -0.05) is 30.3 Å². The molecule has 1 aliphatic heterocycles. The lowest BCUT2D eigenvalue weighted by molar-refractivity contribution is -0.0390. The summed E-state index contributed by atoms with van der Waals surface area (Å²) >= 11 is 0. The molecular weight excluding hydrogens is 350 g/mol. The second-order valence-corrected chi connectivity index (χ2v) is 7.61. The molecule has 0 spiro atoms. The minimum Gasteiger partial charge on any atom is -0.381 e. The number of rotatable bonds is 6. The van der Waals surface area contributed by atoms with Gasteiger partial charge in [-0.3, -0.25) is 0 Å². The molecule has 0 saturated carbocycles. The lowest BCUT2D eigenvalue weighted by Gasteiger charge is -2.22. The molecule has 0 aromatic heterocycles. The third-order valence-electron chi connectivity index (χ3n) is 5.45. The summed E-state index contributed by atoms with van der Waals surface area (Å²) in [5.41, 5.74) is 12.3. The Morgan fingerprint density at radius 2 is 1.89 bits per heavy atom. The van der Waals surface area contributed by atoms with Gasteiger partial charge in [0, 0.05) is 18.9 Å². The molecule has 5 heteroatoms. The molecular formula is C23H29N3O2. The van der Waals surface area contributed by atoms with Crippen molar-refractivity contribution in [1.82, 2.24) is 0 Å². The number of hydrogen-bond donors (Lipinski definition) is 2. The zero-order valence-electron chi connectivity index (χ0n) is 16.3. The van der Waals surface area contributed by atoms with Crippen LogP contribution < -0.4 is 11.1 Å². The molecule has 1 heterocycles. The van der Waals surface area contributed by atoms with Crippen LogP contribution in [-0.2, 0) is 35.5 Å². The summed E-state index contributed by atoms with van der Waals surface area (Å²) in [5.74, 6) is 0.446. The van der Waals surface area contributed by atoms with E-state index in [1.807, 2.05) is 0 Å². The Kier molecular flexibility index (Phi) is 6.24. The highest BCUT2D eigenvalue weighted by Crippen LogP contribution is 2.24. The van der Waals surface area contributed by atoms with Crippen LogP contribution in [0.15, 0.2) is 47.5 Å². The summed E-state index contributed by atoms with van der Waals surface area (Å²) < 4.78 is 11.4. The molecule has 4 rings (SSSR count). The number of benzene rings is 2. The van der Waals surface area contributed by atoms with Crippen molar-refractivity contribution in [2.75, 3.05) is 18.5 Å². The number of nitrogens with one attached hydrogen (secondary N) is 1. The summed E-state index contributed by atoms with van der Waals surface area (Å²) in [5, 5.41) is 3.22. The Morgan fingerprint density at radius 3 is 2.79 bits per heavy atom. The van der Waals surface area contributed by atoms with Gasteiger partial charge in [-0.15, -0.1) is 0 Å². The predicted octanol–water partition coefficient (Wildman–Crippen LogP) is 3.80. The Labute approximate surface area is 167 Å². The monoisotopic (exact) mass is 379 g/mol. The van der Waals surface area contributed by atoms with E-state index in [4.69, 9.17) is 15.2 Å². The third kappa shape index (κ3) is 5.12. The standard InChI is InChI=1S/C23H29N3O2/c24-23(26-21-8-7-19-5-2-6-20(19)14-21)25-15-17-3-1-4-18(13-17)16-28-22-9-11-27-12-10-22/h1,3-4,7-8,13-14,22H,2,5-6,9-12,15-16H2,(H3,24,25,26). The van der Waals surface area contributed by atoms with Gasteiger partial charge in [-0.2, -0.15) is 0 Å². The van der Waals surface area contributed by atoms with Crippen LogP contribution >= 0.6 is 0 Å². The van der Waals surface area contributed by atoms with Crippen LogP contribution in [0.2, 0.25) is 0 Å². The smallest absolute Gasteiger partial charge is 0.193 e. The SMILES string of the molecule is NC(=NCc1cccc(COC2CCOCC2)c1)Nc1ccc2c(c1)CCC2. The zero-order chi connectivity index (χ0) is 19.2. The van der Waals surface area contributed by atoms with E-state index in [-0.39, 0.29) is 0 Å². The van der Waals surface area contributed by atoms with Crippen LogP contribution in [0, 0.1) is 0 Å². The van der Waals surface area contributed by atoms with Crippen LogP contribution in [0.5, 0.6) is 0 Å². The Bertz CT molecular complexity index is 828. The summed E-state index contributed by atoms with van der Waals surface area (Å²) in [6, 6.07) is 14.8. The van der Waals surface area contributed by atoms with Gasteiger partial charge >= 0.3 is 0 Å². The number of guanidine groups is 1. The molecule has 2 aromatic carbocycles. The Hall–Kier alpha value is -2.37. The van der Waals surface area contributed by atoms with Crippen molar-refractivity contribution in [2.24, 2.45) is 10.7 Å². The van der Waals surface area contributed by atoms with Gasteiger partial charge < -0.3 is 20.5 Å². The molecule has 1 saturated heterocycles. The molecule has 0 bridgehead atoms. The zero-order valence-corrected chi connectivity index (χ0v) is 16.3. The first-order valence-electron chi connectivity index (χ1n) is 10.2. The van der Waals surface area contributed by atoms with Crippen molar-refractivity contribution in [3.63, 3.8) is 0 Å². The number of aryl methyl sites for hydroxylation is 2. The van der Waals surface area contributed by atoms with Gasteiger partial charge in [0.15, 0.2) is 5.96 Å². The molecule has 5 nitrogen and oxygen atoms in total. The van der Waals surface area contributed by atoms with E-state index in [1.54, 1.807) is 0 Å². The molecule has 3 N–H and O–H groups in total. The molecule has 148 valence electrons. The quantitative estimate of drug-likeness (QED) is 0.592. The topological polar surface area (TPSA) is 68.9 Å². The van der Waals surface area contributed by atoms with E-state index < -0.39 is 0 Å². The average Bonchev–Trinajstić information content (AvgIpc) is 3.20. The van der Waals surface area contributed by atoms with Crippen LogP contribution in [0.3, 0.4) is 0 Å².